The molecule has 0 unspecified atom stereocenters. The lowest BCUT2D eigenvalue weighted by molar-refractivity contribution is 0.284. The summed E-state index contributed by atoms with van der Waals surface area (Å²) >= 11 is 0. The van der Waals surface area contributed by atoms with Gasteiger partial charge in [0.25, 0.3) is 0 Å². The predicted octanol–water partition coefficient (Wildman–Crippen LogP) is 1.68. The van der Waals surface area contributed by atoms with Crippen LogP contribution in [0.25, 0.3) is 0 Å². The molecular formula is C12H14FN3O2. The van der Waals surface area contributed by atoms with Gasteiger partial charge in [0.15, 0.2) is 6.61 Å². The number of nitrogens with zero attached hydrogens (tertiary/aromatic N) is 2. The quantitative estimate of drug-likeness (QED) is 0.845. The SMILES string of the molecule is NCCCc1nc(COc2ccc(F)cc2)no1. The molecule has 0 aliphatic heterocycles. The molecule has 0 saturated carbocycles. The van der Waals surface area contributed by atoms with E-state index < -0.39 is 0 Å². The first-order valence-electron chi connectivity index (χ1n) is 5.68. The van der Waals surface area contributed by atoms with Crippen LogP contribution in [0.5, 0.6) is 5.75 Å². The van der Waals surface area contributed by atoms with Gasteiger partial charge in [-0.15, -0.1) is 0 Å². The second kappa shape index (κ2) is 6.11. The summed E-state index contributed by atoms with van der Waals surface area (Å²) in [5.74, 6) is 1.28. The van der Waals surface area contributed by atoms with Crippen LogP contribution < -0.4 is 10.5 Å². The summed E-state index contributed by atoms with van der Waals surface area (Å²) in [6.45, 7) is 0.779. The van der Waals surface area contributed by atoms with Gasteiger partial charge in [-0.25, -0.2) is 4.39 Å². The van der Waals surface area contributed by atoms with Crippen LogP contribution in [0.4, 0.5) is 4.39 Å². The maximum absolute atomic E-state index is 12.7. The molecule has 96 valence electrons. The molecule has 2 aromatic rings. The van der Waals surface area contributed by atoms with E-state index in [0.717, 1.165) is 6.42 Å². The second-order valence-electron chi connectivity index (χ2n) is 3.74. The summed E-state index contributed by atoms with van der Waals surface area (Å²) in [4.78, 5) is 4.15. The van der Waals surface area contributed by atoms with Gasteiger partial charge in [-0.1, -0.05) is 5.16 Å². The first kappa shape index (κ1) is 12.5. The van der Waals surface area contributed by atoms with E-state index in [2.05, 4.69) is 10.1 Å². The van der Waals surface area contributed by atoms with Gasteiger partial charge in [0.2, 0.25) is 11.7 Å². The van der Waals surface area contributed by atoms with E-state index in [0.29, 0.717) is 30.4 Å². The van der Waals surface area contributed by atoms with Crippen molar-refractivity contribution in [3.63, 3.8) is 0 Å². The molecular weight excluding hydrogens is 237 g/mol. The highest BCUT2D eigenvalue weighted by molar-refractivity contribution is 5.22. The minimum Gasteiger partial charge on any atom is -0.485 e. The number of aromatic nitrogens is 2. The molecule has 0 radical (unpaired) electrons. The fraction of sp³-hybridized carbons (Fsp3) is 0.333. The van der Waals surface area contributed by atoms with E-state index in [-0.39, 0.29) is 12.4 Å². The summed E-state index contributed by atoms with van der Waals surface area (Å²) in [7, 11) is 0. The number of hydrogen-bond donors (Lipinski definition) is 1. The van der Waals surface area contributed by atoms with Gasteiger partial charge in [-0.05, 0) is 37.2 Å². The van der Waals surface area contributed by atoms with Crippen molar-refractivity contribution in [1.29, 1.82) is 0 Å². The third-order valence-corrected chi connectivity index (χ3v) is 2.29. The summed E-state index contributed by atoms with van der Waals surface area (Å²) in [6.07, 6.45) is 1.47. The summed E-state index contributed by atoms with van der Waals surface area (Å²) in [6, 6.07) is 5.76. The fourth-order valence-corrected chi connectivity index (χ4v) is 1.38. The second-order valence-corrected chi connectivity index (χ2v) is 3.74. The number of aryl methyl sites for hydroxylation is 1. The van der Waals surface area contributed by atoms with Gasteiger partial charge < -0.3 is 15.0 Å². The highest BCUT2D eigenvalue weighted by Crippen LogP contribution is 2.12. The highest BCUT2D eigenvalue weighted by Gasteiger charge is 2.06. The minimum atomic E-state index is -0.300. The summed E-state index contributed by atoms with van der Waals surface area (Å²) in [5, 5.41) is 3.78. The average Bonchev–Trinajstić information content (AvgIpc) is 2.84. The first-order chi connectivity index (χ1) is 8.78. The van der Waals surface area contributed by atoms with Crippen molar-refractivity contribution >= 4 is 0 Å². The van der Waals surface area contributed by atoms with Crippen LogP contribution in [-0.4, -0.2) is 16.7 Å². The van der Waals surface area contributed by atoms with Crippen molar-refractivity contribution in [1.82, 2.24) is 10.1 Å². The van der Waals surface area contributed by atoms with Crippen LogP contribution in [0, 0.1) is 5.82 Å². The van der Waals surface area contributed by atoms with Gasteiger partial charge in [-0.2, -0.15) is 4.98 Å². The smallest absolute Gasteiger partial charge is 0.226 e. The van der Waals surface area contributed by atoms with Gasteiger partial charge in [-0.3, -0.25) is 0 Å². The van der Waals surface area contributed by atoms with Gasteiger partial charge in [0.05, 0.1) is 0 Å². The number of nitrogens with two attached hydrogens (primary N) is 1. The lowest BCUT2D eigenvalue weighted by atomic mass is 10.3. The molecule has 5 nitrogen and oxygen atoms in total. The number of ether oxygens (including phenoxy) is 1. The van der Waals surface area contributed by atoms with E-state index in [9.17, 15) is 4.39 Å². The van der Waals surface area contributed by atoms with Gasteiger partial charge >= 0.3 is 0 Å². The Balaban J connectivity index is 1.86. The molecule has 6 heteroatoms. The zero-order chi connectivity index (χ0) is 12.8. The Labute approximate surface area is 104 Å². The Morgan fingerprint density at radius 2 is 2.06 bits per heavy atom. The lowest BCUT2D eigenvalue weighted by Gasteiger charge is -2.01. The topological polar surface area (TPSA) is 74.2 Å². The van der Waals surface area contributed by atoms with Crippen molar-refractivity contribution in [2.75, 3.05) is 6.54 Å². The van der Waals surface area contributed by atoms with Crippen molar-refractivity contribution in [3.05, 3.63) is 41.8 Å². The van der Waals surface area contributed by atoms with E-state index in [1.54, 1.807) is 12.1 Å². The van der Waals surface area contributed by atoms with Gasteiger partial charge in [0, 0.05) is 6.42 Å². The van der Waals surface area contributed by atoms with Crippen LogP contribution >= 0.6 is 0 Å². The number of rotatable bonds is 6. The maximum atomic E-state index is 12.7. The molecule has 0 spiro atoms. The Morgan fingerprint density at radius 3 is 2.78 bits per heavy atom. The van der Waals surface area contributed by atoms with Crippen LogP contribution in [-0.2, 0) is 13.0 Å². The maximum Gasteiger partial charge on any atom is 0.226 e. The zero-order valence-corrected chi connectivity index (χ0v) is 9.80. The molecule has 1 aromatic heterocycles. The van der Waals surface area contributed by atoms with Crippen LogP contribution in [0.2, 0.25) is 0 Å². The van der Waals surface area contributed by atoms with Crippen LogP contribution in [0.3, 0.4) is 0 Å². The minimum absolute atomic E-state index is 0.192. The monoisotopic (exact) mass is 251 g/mol. The van der Waals surface area contributed by atoms with Crippen molar-refractivity contribution in [2.24, 2.45) is 5.73 Å². The molecule has 1 aromatic carbocycles. The van der Waals surface area contributed by atoms with Crippen molar-refractivity contribution in [2.45, 2.75) is 19.4 Å². The Bertz CT molecular complexity index is 484. The van der Waals surface area contributed by atoms with E-state index in [1.807, 2.05) is 0 Å². The van der Waals surface area contributed by atoms with Crippen molar-refractivity contribution in [3.8, 4) is 5.75 Å². The molecule has 0 amide bonds. The van der Waals surface area contributed by atoms with E-state index in [4.69, 9.17) is 15.0 Å². The largest absolute Gasteiger partial charge is 0.485 e. The van der Waals surface area contributed by atoms with Crippen LogP contribution in [0.15, 0.2) is 28.8 Å². The lowest BCUT2D eigenvalue weighted by Crippen LogP contribution is -2.01. The summed E-state index contributed by atoms with van der Waals surface area (Å²) < 4.78 is 23.1. The molecule has 0 bridgehead atoms. The Hall–Kier alpha value is -1.95. The number of benzene rings is 1. The first-order valence-corrected chi connectivity index (χ1v) is 5.68. The standard InChI is InChI=1S/C12H14FN3O2/c13-9-3-5-10(6-4-9)17-8-11-15-12(18-16-11)2-1-7-14/h3-6H,1-2,7-8,14H2. The predicted molar refractivity (Wildman–Crippen MR) is 62.4 cm³/mol. The van der Waals surface area contributed by atoms with E-state index in [1.165, 1.54) is 12.1 Å². The van der Waals surface area contributed by atoms with E-state index >= 15 is 0 Å². The Morgan fingerprint density at radius 1 is 1.28 bits per heavy atom. The molecule has 0 saturated heterocycles. The van der Waals surface area contributed by atoms with Gasteiger partial charge in [0.1, 0.15) is 11.6 Å². The zero-order valence-electron chi connectivity index (χ0n) is 9.80. The number of hydrogen-bond acceptors (Lipinski definition) is 5. The molecule has 0 aliphatic carbocycles. The molecule has 2 N–H and O–H groups in total. The molecule has 18 heavy (non-hydrogen) atoms. The third kappa shape index (κ3) is 3.53. The number of halogens is 1. The highest BCUT2D eigenvalue weighted by atomic mass is 19.1. The molecule has 0 fully saturated rings. The molecule has 2 rings (SSSR count). The molecule has 1 heterocycles. The summed E-state index contributed by atoms with van der Waals surface area (Å²) in [5.41, 5.74) is 5.38. The van der Waals surface area contributed by atoms with Crippen LogP contribution in [0.1, 0.15) is 18.1 Å². The normalized spacial score (nSPS) is 10.6. The molecule has 0 aliphatic rings. The fourth-order valence-electron chi connectivity index (χ4n) is 1.38. The van der Waals surface area contributed by atoms with Crippen molar-refractivity contribution < 1.29 is 13.7 Å². The molecule has 0 atom stereocenters. The Kier molecular flexibility index (Phi) is 4.25. The third-order valence-electron chi connectivity index (χ3n) is 2.29. The average molecular weight is 251 g/mol.